The van der Waals surface area contributed by atoms with Crippen molar-refractivity contribution in [1.29, 1.82) is 0 Å². The number of hydrogen-bond donors (Lipinski definition) is 0. The molecule has 0 aliphatic rings. The van der Waals surface area contributed by atoms with E-state index < -0.39 is 7.14 Å². The summed E-state index contributed by atoms with van der Waals surface area (Å²) in [6, 6.07) is 57.1. The van der Waals surface area contributed by atoms with Crippen molar-refractivity contribution in [2.45, 2.75) is 0 Å². The van der Waals surface area contributed by atoms with E-state index in [1.165, 1.54) is 0 Å². The molecule has 0 atom stereocenters. The zero-order valence-corrected chi connectivity index (χ0v) is 26.3. The van der Waals surface area contributed by atoms with Crippen molar-refractivity contribution in [1.82, 2.24) is 4.98 Å². The maximum absolute atomic E-state index is 14.9. The third-order valence-corrected chi connectivity index (χ3v) is 12.2. The van der Waals surface area contributed by atoms with Gasteiger partial charge in [0.15, 0.2) is 7.14 Å². The number of pyridine rings is 1. The minimum absolute atomic E-state index is 0.810. The third-order valence-electron chi connectivity index (χ3n) is 9.14. The first-order valence-electron chi connectivity index (χ1n) is 15.7. The zero-order valence-electron chi connectivity index (χ0n) is 25.4. The second kappa shape index (κ2) is 10.9. The lowest BCUT2D eigenvalue weighted by molar-refractivity contribution is 0.592. The Balaban J connectivity index is 1.20. The molecule has 0 aliphatic heterocycles. The van der Waals surface area contributed by atoms with Crippen molar-refractivity contribution < 1.29 is 8.98 Å². The molecule has 0 unspecified atom stereocenters. The fourth-order valence-corrected chi connectivity index (χ4v) is 9.51. The van der Waals surface area contributed by atoms with E-state index >= 15 is 0 Å². The fourth-order valence-electron chi connectivity index (χ4n) is 6.87. The Morgan fingerprint density at radius 3 is 1.83 bits per heavy atom. The molecule has 0 fully saturated rings. The van der Waals surface area contributed by atoms with Crippen molar-refractivity contribution in [3.8, 4) is 22.4 Å². The molecule has 0 spiro atoms. The molecular weight excluding hydrogens is 593 g/mol. The first-order valence-corrected chi connectivity index (χ1v) is 17.4. The molecule has 9 rings (SSSR count). The Bertz CT molecular complexity index is 2600. The van der Waals surface area contributed by atoms with E-state index in [0.29, 0.717) is 0 Å². The molecule has 0 aliphatic carbocycles. The number of aromatic nitrogens is 1. The molecule has 9 aromatic rings. The zero-order chi connectivity index (χ0) is 31.4. The van der Waals surface area contributed by atoms with Crippen LogP contribution >= 0.6 is 7.14 Å². The fraction of sp³-hybridized carbons (Fsp3) is 0. The number of fused-ring (bicyclic) bond motifs is 7. The van der Waals surface area contributed by atoms with E-state index in [2.05, 4.69) is 84.9 Å². The number of nitrogens with zero attached hydrogens (tertiary/aromatic N) is 1. The molecule has 3 nitrogen and oxygen atoms in total. The molecule has 4 heteroatoms. The normalized spacial score (nSPS) is 11.9. The molecule has 0 N–H and O–H groups in total. The Hall–Kier alpha value is -5.76. The quantitative estimate of drug-likeness (QED) is 0.142. The van der Waals surface area contributed by atoms with Gasteiger partial charge >= 0.3 is 0 Å². The Kier molecular flexibility index (Phi) is 6.41. The van der Waals surface area contributed by atoms with Gasteiger partial charge in [0.1, 0.15) is 11.2 Å². The third kappa shape index (κ3) is 4.43. The van der Waals surface area contributed by atoms with E-state index in [1.54, 1.807) is 0 Å². The lowest BCUT2D eigenvalue weighted by Gasteiger charge is -2.20. The van der Waals surface area contributed by atoms with Gasteiger partial charge in [0.25, 0.3) is 0 Å². The monoisotopic (exact) mass is 621 g/mol. The Labute approximate surface area is 272 Å². The molecule has 222 valence electrons. The molecule has 0 bridgehead atoms. The number of rotatable bonds is 5. The van der Waals surface area contributed by atoms with Crippen LogP contribution in [0.4, 0.5) is 0 Å². The van der Waals surface area contributed by atoms with Crippen molar-refractivity contribution in [3.05, 3.63) is 170 Å². The summed E-state index contributed by atoms with van der Waals surface area (Å²) in [5, 5.41) is 7.85. The highest BCUT2D eigenvalue weighted by Crippen LogP contribution is 2.44. The Morgan fingerprint density at radius 1 is 0.468 bits per heavy atom. The van der Waals surface area contributed by atoms with Gasteiger partial charge in [-0.2, -0.15) is 0 Å². The van der Waals surface area contributed by atoms with Gasteiger partial charge in [-0.1, -0.05) is 152 Å². The summed E-state index contributed by atoms with van der Waals surface area (Å²) >= 11 is 0. The van der Waals surface area contributed by atoms with Gasteiger partial charge in [0, 0.05) is 26.9 Å². The van der Waals surface area contributed by atoms with E-state index in [9.17, 15) is 4.57 Å². The van der Waals surface area contributed by atoms with Crippen LogP contribution in [0, 0.1) is 0 Å². The SMILES string of the molecule is O=P(c1ccccc1)(c1ccccc1)c1ccc(-c2cccc(-c3nc4ccc5ccccc5c4c4oc5ccccc5c34)c2)cc1. The van der Waals surface area contributed by atoms with Crippen LogP contribution in [-0.2, 0) is 4.57 Å². The molecule has 0 saturated heterocycles. The minimum atomic E-state index is -3.05. The van der Waals surface area contributed by atoms with Crippen LogP contribution in [0.25, 0.3) is 66.0 Å². The van der Waals surface area contributed by atoms with E-state index in [1.807, 2.05) is 84.9 Å². The molecule has 2 heterocycles. The first-order chi connectivity index (χ1) is 23.2. The van der Waals surface area contributed by atoms with Crippen LogP contribution in [0.1, 0.15) is 0 Å². The lowest BCUT2D eigenvalue weighted by atomic mass is 9.97. The second-order valence-electron chi connectivity index (χ2n) is 11.9. The summed E-state index contributed by atoms with van der Waals surface area (Å²) in [5.74, 6) is 0. The lowest BCUT2D eigenvalue weighted by Crippen LogP contribution is -2.24. The largest absolute Gasteiger partial charge is 0.455 e. The summed E-state index contributed by atoms with van der Waals surface area (Å²) in [7, 11) is -3.05. The summed E-state index contributed by atoms with van der Waals surface area (Å²) in [6.45, 7) is 0. The van der Waals surface area contributed by atoms with E-state index in [0.717, 1.165) is 81.9 Å². The van der Waals surface area contributed by atoms with Crippen LogP contribution in [0.15, 0.2) is 174 Å². The topological polar surface area (TPSA) is 43.1 Å². The van der Waals surface area contributed by atoms with Crippen LogP contribution < -0.4 is 15.9 Å². The molecule has 0 saturated carbocycles. The van der Waals surface area contributed by atoms with Crippen molar-refractivity contribution in [3.63, 3.8) is 0 Å². The minimum Gasteiger partial charge on any atom is -0.455 e. The maximum atomic E-state index is 14.9. The number of para-hydroxylation sites is 1. The molecular formula is C43H28NO2P. The maximum Gasteiger partial charge on any atom is 0.171 e. The van der Waals surface area contributed by atoms with Crippen molar-refractivity contribution in [2.24, 2.45) is 0 Å². The van der Waals surface area contributed by atoms with Crippen LogP contribution in [0.3, 0.4) is 0 Å². The standard InChI is InChI=1S/C43H28NO2P/c45-47(33-15-3-1-4-16-33,34-17-5-2-6-18-34)35-25-22-29(23-26-35)31-13-11-14-32(28-31)42-41-37-20-9-10-21-39(37)46-43(41)40-36-19-8-7-12-30(36)24-27-38(40)44-42/h1-28H. The van der Waals surface area contributed by atoms with Gasteiger partial charge in [0.2, 0.25) is 0 Å². The van der Waals surface area contributed by atoms with Crippen LogP contribution in [0.5, 0.6) is 0 Å². The summed E-state index contributed by atoms with van der Waals surface area (Å²) in [6.07, 6.45) is 0. The van der Waals surface area contributed by atoms with Crippen molar-refractivity contribution >= 4 is 66.7 Å². The second-order valence-corrected chi connectivity index (χ2v) is 14.6. The molecule has 2 aromatic heterocycles. The smallest absolute Gasteiger partial charge is 0.171 e. The first kappa shape index (κ1) is 27.5. The summed E-state index contributed by atoms with van der Waals surface area (Å²) in [5.41, 5.74) is 6.61. The van der Waals surface area contributed by atoms with Gasteiger partial charge in [-0.15, -0.1) is 0 Å². The number of benzene rings is 7. The van der Waals surface area contributed by atoms with Gasteiger partial charge in [0.05, 0.1) is 22.0 Å². The van der Waals surface area contributed by atoms with E-state index in [-0.39, 0.29) is 0 Å². The average Bonchev–Trinajstić information content (AvgIpc) is 3.54. The van der Waals surface area contributed by atoms with Gasteiger partial charge in [-0.05, 0) is 40.1 Å². The van der Waals surface area contributed by atoms with Crippen molar-refractivity contribution in [2.75, 3.05) is 0 Å². The number of hydrogen-bond acceptors (Lipinski definition) is 3. The van der Waals surface area contributed by atoms with Gasteiger partial charge in [-0.25, -0.2) is 4.98 Å². The van der Waals surface area contributed by atoms with E-state index in [4.69, 9.17) is 9.40 Å². The molecule has 0 amide bonds. The predicted octanol–water partition coefficient (Wildman–Crippen LogP) is 10.3. The number of furan rings is 1. The van der Waals surface area contributed by atoms with Gasteiger partial charge < -0.3 is 8.98 Å². The van der Waals surface area contributed by atoms with Crippen LogP contribution in [0.2, 0.25) is 0 Å². The summed E-state index contributed by atoms with van der Waals surface area (Å²) in [4.78, 5) is 5.30. The molecule has 47 heavy (non-hydrogen) atoms. The summed E-state index contributed by atoms with van der Waals surface area (Å²) < 4.78 is 21.5. The average molecular weight is 622 g/mol. The highest BCUT2D eigenvalue weighted by molar-refractivity contribution is 7.85. The molecule has 0 radical (unpaired) electrons. The Morgan fingerprint density at radius 2 is 1.09 bits per heavy atom. The highest BCUT2D eigenvalue weighted by atomic mass is 31.2. The van der Waals surface area contributed by atoms with Gasteiger partial charge in [-0.3, -0.25) is 0 Å². The van der Waals surface area contributed by atoms with Crippen LogP contribution in [-0.4, -0.2) is 4.98 Å². The predicted molar refractivity (Wildman–Crippen MR) is 197 cm³/mol. The highest BCUT2D eigenvalue weighted by Gasteiger charge is 2.29. The molecule has 7 aromatic carbocycles.